The van der Waals surface area contributed by atoms with Crippen molar-refractivity contribution in [2.24, 2.45) is 0 Å². The van der Waals surface area contributed by atoms with Crippen LogP contribution in [0.4, 0.5) is 10.1 Å². The van der Waals surface area contributed by atoms with E-state index in [0.29, 0.717) is 14.9 Å². The zero-order chi connectivity index (χ0) is 19.8. The number of carbonyl (C=O) groups excluding carboxylic acids is 1. The number of hydrogen-bond acceptors (Lipinski definition) is 3. The largest absolute Gasteiger partial charge is 0.318 e. The summed E-state index contributed by atoms with van der Waals surface area (Å²) in [5.41, 5.74) is 4.60. The van der Waals surface area contributed by atoms with Gasteiger partial charge in [0, 0.05) is 17.1 Å². The van der Waals surface area contributed by atoms with Gasteiger partial charge in [0.1, 0.15) is 5.82 Å². The minimum Gasteiger partial charge on any atom is -0.318 e. The van der Waals surface area contributed by atoms with Crippen molar-refractivity contribution >= 4 is 46.0 Å². The SMILES string of the molecule is Cc1cc(/C=C2/SC(=S)N(c3cccc(F)c3)C2=O)c(C)n1-c1ccccc1. The lowest BCUT2D eigenvalue weighted by Gasteiger charge is -2.14. The summed E-state index contributed by atoms with van der Waals surface area (Å²) < 4.78 is 16.1. The fraction of sp³-hybridized carbons (Fsp3) is 0.0909. The lowest BCUT2D eigenvalue weighted by molar-refractivity contribution is -0.113. The normalized spacial score (nSPS) is 15.7. The molecule has 1 aliphatic heterocycles. The zero-order valence-electron chi connectivity index (χ0n) is 15.3. The average Bonchev–Trinajstić information content (AvgIpc) is 3.11. The molecule has 1 amide bonds. The van der Waals surface area contributed by atoms with Gasteiger partial charge in [-0.15, -0.1) is 0 Å². The van der Waals surface area contributed by atoms with Crippen LogP contribution in [0.1, 0.15) is 17.0 Å². The highest BCUT2D eigenvalue weighted by atomic mass is 32.2. The van der Waals surface area contributed by atoms with E-state index in [0.717, 1.165) is 22.6 Å². The van der Waals surface area contributed by atoms with Gasteiger partial charge in [-0.3, -0.25) is 9.69 Å². The Morgan fingerprint density at radius 1 is 1.00 bits per heavy atom. The molecule has 1 saturated heterocycles. The molecule has 0 atom stereocenters. The third-order valence-electron chi connectivity index (χ3n) is 4.63. The number of aryl methyl sites for hydroxylation is 1. The van der Waals surface area contributed by atoms with Crippen LogP contribution in [0.2, 0.25) is 0 Å². The molecule has 0 spiro atoms. The van der Waals surface area contributed by atoms with Crippen molar-refractivity contribution in [2.45, 2.75) is 13.8 Å². The first-order chi connectivity index (χ1) is 13.5. The highest BCUT2D eigenvalue weighted by Gasteiger charge is 2.33. The Bertz CT molecular complexity index is 1120. The summed E-state index contributed by atoms with van der Waals surface area (Å²) in [4.78, 5) is 14.8. The number of thioether (sulfide) groups is 1. The van der Waals surface area contributed by atoms with Crippen LogP contribution in [0.25, 0.3) is 11.8 Å². The fourth-order valence-electron chi connectivity index (χ4n) is 3.35. The zero-order valence-corrected chi connectivity index (χ0v) is 17.0. The van der Waals surface area contributed by atoms with Crippen LogP contribution in [-0.4, -0.2) is 14.8 Å². The lowest BCUT2D eigenvalue weighted by Crippen LogP contribution is -2.27. The molecule has 0 radical (unpaired) electrons. The quantitative estimate of drug-likeness (QED) is 0.414. The molecule has 6 heteroatoms. The van der Waals surface area contributed by atoms with E-state index in [1.165, 1.54) is 28.8 Å². The molecule has 28 heavy (non-hydrogen) atoms. The summed E-state index contributed by atoms with van der Waals surface area (Å²) in [7, 11) is 0. The van der Waals surface area contributed by atoms with Gasteiger partial charge in [-0.05, 0) is 61.9 Å². The van der Waals surface area contributed by atoms with Crippen molar-refractivity contribution in [3.05, 3.63) is 88.3 Å². The smallest absolute Gasteiger partial charge is 0.270 e. The van der Waals surface area contributed by atoms with Crippen LogP contribution in [-0.2, 0) is 4.79 Å². The third-order valence-corrected chi connectivity index (χ3v) is 5.93. The van der Waals surface area contributed by atoms with E-state index in [4.69, 9.17) is 12.2 Å². The maximum absolute atomic E-state index is 13.6. The molecule has 3 aromatic rings. The topological polar surface area (TPSA) is 25.2 Å². The summed E-state index contributed by atoms with van der Waals surface area (Å²) in [6.07, 6.45) is 1.86. The Balaban J connectivity index is 1.71. The molecule has 140 valence electrons. The van der Waals surface area contributed by atoms with Gasteiger partial charge >= 0.3 is 0 Å². The van der Waals surface area contributed by atoms with Crippen LogP contribution >= 0.6 is 24.0 Å². The Kier molecular flexibility index (Phi) is 4.91. The predicted octanol–water partition coefficient (Wildman–Crippen LogP) is 5.64. The van der Waals surface area contributed by atoms with Crippen LogP contribution in [0.3, 0.4) is 0 Å². The number of halogens is 1. The Labute approximate surface area is 172 Å². The first kappa shape index (κ1) is 18.7. The number of thiocarbonyl (C=S) groups is 1. The van der Waals surface area contributed by atoms with Gasteiger partial charge in [-0.25, -0.2) is 4.39 Å². The van der Waals surface area contributed by atoms with Gasteiger partial charge in [0.05, 0.1) is 10.6 Å². The first-order valence-electron chi connectivity index (χ1n) is 8.73. The summed E-state index contributed by atoms with van der Waals surface area (Å²) in [5.74, 6) is -0.632. The van der Waals surface area contributed by atoms with E-state index >= 15 is 0 Å². The van der Waals surface area contributed by atoms with Crippen LogP contribution in [0.15, 0.2) is 65.6 Å². The maximum Gasteiger partial charge on any atom is 0.270 e. The minimum absolute atomic E-state index is 0.231. The number of carbonyl (C=O) groups is 1. The van der Waals surface area contributed by atoms with Gasteiger partial charge < -0.3 is 4.57 Å². The van der Waals surface area contributed by atoms with Gasteiger partial charge in [-0.2, -0.15) is 0 Å². The van der Waals surface area contributed by atoms with E-state index in [1.807, 2.05) is 50.3 Å². The van der Waals surface area contributed by atoms with Crippen LogP contribution in [0, 0.1) is 19.7 Å². The van der Waals surface area contributed by atoms with E-state index < -0.39 is 5.82 Å². The van der Waals surface area contributed by atoms with Crippen molar-refractivity contribution in [3.8, 4) is 5.69 Å². The minimum atomic E-state index is -0.401. The van der Waals surface area contributed by atoms with Crippen LogP contribution < -0.4 is 4.90 Å². The molecule has 1 fully saturated rings. The Morgan fingerprint density at radius 3 is 2.43 bits per heavy atom. The van der Waals surface area contributed by atoms with Gasteiger partial charge in [-0.1, -0.05) is 48.2 Å². The molecular formula is C22H17FN2OS2. The fourth-order valence-corrected chi connectivity index (χ4v) is 4.64. The van der Waals surface area contributed by atoms with Crippen molar-refractivity contribution in [1.82, 2.24) is 4.57 Å². The molecule has 3 nitrogen and oxygen atoms in total. The number of amides is 1. The molecule has 1 aliphatic rings. The Morgan fingerprint density at radius 2 is 1.71 bits per heavy atom. The van der Waals surface area contributed by atoms with E-state index in [-0.39, 0.29) is 5.91 Å². The van der Waals surface area contributed by atoms with E-state index in [2.05, 4.69) is 10.6 Å². The van der Waals surface area contributed by atoms with Gasteiger partial charge in [0.2, 0.25) is 0 Å². The third kappa shape index (κ3) is 3.30. The Hall–Kier alpha value is -2.70. The second-order valence-corrected chi connectivity index (χ2v) is 8.17. The summed E-state index contributed by atoms with van der Waals surface area (Å²) in [6, 6.07) is 18.0. The second-order valence-electron chi connectivity index (χ2n) is 6.49. The molecule has 0 saturated carbocycles. The highest BCUT2D eigenvalue weighted by Crippen LogP contribution is 2.37. The molecular weight excluding hydrogens is 391 g/mol. The second kappa shape index (κ2) is 7.37. The van der Waals surface area contributed by atoms with Crippen molar-refractivity contribution in [3.63, 3.8) is 0 Å². The molecule has 0 unspecified atom stereocenters. The monoisotopic (exact) mass is 408 g/mol. The number of para-hydroxylation sites is 1. The summed E-state index contributed by atoms with van der Waals surface area (Å²) in [5, 5.41) is 0. The van der Waals surface area contributed by atoms with Crippen molar-refractivity contribution < 1.29 is 9.18 Å². The summed E-state index contributed by atoms with van der Waals surface area (Å²) >= 11 is 6.61. The summed E-state index contributed by atoms with van der Waals surface area (Å²) in [6.45, 7) is 4.06. The van der Waals surface area contributed by atoms with Crippen molar-refractivity contribution in [1.29, 1.82) is 0 Å². The van der Waals surface area contributed by atoms with Gasteiger partial charge in [0.25, 0.3) is 5.91 Å². The highest BCUT2D eigenvalue weighted by molar-refractivity contribution is 8.27. The number of rotatable bonds is 3. The molecule has 1 aromatic heterocycles. The number of anilines is 1. The molecule has 0 aliphatic carbocycles. The van der Waals surface area contributed by atoms with E-state index in [9.17, 15) is 9.18 Å². The lowest BCUT2D eigenvalue weighted by atomic mass is 10.2. The van der Waals surface area contributed by atoms with Crippen molar-refractivity contribution in [2.75, 3.05) is 4.90 Å². The molecule has 0 N–H and O–H groups in total. The van der Waals surface area contributed by atoms with E-state index in [1.54, 1.807) is 12.1 Å². The first-order valence-corrected chi connectivity index (χ1v) is 9.96. The number of hydrogen-bond donors (Lipinski definition) is 0. The molecule has 0 bridgehead atoms. The van der Waals surface area contributed by atoms with Gasteiger partial charge in [0.15, 0.2) is 4.32 Å². The molecule has 4 rings (SSSR count). The predicted molar refractivity (Wildman–Crippen MR) is 117 cm³/mol. The average molecular weight is 409 g/mol. The molecule has 2 aromatic carbocycles. The number of aromatic nitrogens is 1. The van der Waals surface area contributed by atoms with Crippen LogP contribution in [0.5, 0.6) is 0 Å². The molecule has 2 heterocycles. The standard InChI is InChI=1S/C22H17FN2OS2/c1-14-11-16(15(2)24(14)18-8-4-3-5-9-18)12-20-21(26)25(22(27)28-20)19-10-6-7-17(23)13-19/h3-13H,1-2H3/b20-12+. The number of benzene rings is 2. The number of nitrogens with zero attached hydrogens (tertiary/aromatic N) is 2. The maximum atomic E-state index is 13.6.